The molecule has 1 amide bonds. The third kappa shape index (κ3) is 5.19. The Labute approximate surface area is 187 Å². The second-order valence-electron chi connectivity index (χ2n) is 7.26. The molecule has 1 atom stereocenters. The lowest BCUT2D eigenvalue weighted by atomic mass is 9.95. The van der Waals surface area contributed by atoms with Gasteiger partial charge in [0.15, 0.2) is 0 Å². The number of aliphatic hydroxyl groups is 1. The van der Waals surface area contributed by atoms with Gasteiger partial charge in [0.1, 0.15) is 11.6 Å². The molecule has 6 nitrogen and oxygen atoms in total. The summed E-state index contributed by atoms with van der Waals surface area (Å²) in [5.41, 5.74) is 0.837. The number of nitrogens with zero attached hydrogens (tertiary/aromatic N) is 1. The van der Waals surface area contributed by atoms with Crippen LogP contribution >= 0.6 is 15.9 Å². The molecule has 1 heterocycles. The maximum absolute atomic E-state index is 13.5. The fourth-order valence-electron chi connectivity index (χ4n) is 3.60. The zero-order valence-corrected chi connectivity index (χ0v) is 18.1. The number of aliphatic hydroxyl groups excluding tert-OH is 1. The van der Waals surface area contributed by atoms with Crippen molar-refractivity contribution in [2.75, 3.05) is 6.54 Å². The predicted molar refractivity (Wildman–Crippen MR) is 116 cm³/mol. The molecule has 0 aromatic heterocycles. The van der Waals surface area contributed by atoms with Crippen LogP contribution in [0.15, 0.2) is 58.6 Å². The maximum atomic E-state index is 13.5. The van der Waals surface area contributed by atoms with Gasteiger partial charge in [-0.3, -0.25) is 14.4 Å². The van der Waals surface area contributed by atoms with Crippen molar-refractivity contribution in [1.82, 2.24) is 4.90 Å². The van der Waals surface area contributed by atoms with Gasteiger partial charge in [-0.05, 0) is 42.7 Å². The van der Waals surface area contributed by atoms with Crippen LogP contribution in [0.25, 0.3) is 5.76 Å². The second-order valence-corrected chi connectivity index (χ2v) is 8.17. The molecular formula is C23H21BrFNO5. The highest BCUT2D eigenvalue weighted by Gasteiger charge is 2.45. The lowest BCUT2D eigenvalue weighted by molar-refractivity contribution is -0.140. The molecule has 1 aliphatic rings. The molecule has 3 rings (SSSR count). The number of carboxylic acid groups (broad SMARTS) is 1. The van der Waals surface area contributed by atoms with Crippen LogP contribution in [-0.2, 0) is 14.4 Å². The summed E-state index contributed by atoms with van der Waals surface area (Å²) in [4.78, 5) is 37.7. The first kappa shape index (κ1) is 22.7. The minimum Gasteiger partial charge on any atom is -0.507 e. The average Bonchev–Trinajstić information content (AvgIpc) is 2.99. The largest absolute Gasteiger partial charge is 0.507 e. The van der Waals surface area contributed by atoms with Gasteiger partial charge in [0.2, 0.25) is 0 Å². The summed E-state index contributed by atoms with van der Waals surface area (Å²) in [5, 5.41) is 19.7. The molecule has 1 unspecified atom stereocenters. The van der Waals surface area contributed by atoms with Gasteiger partial charge in [0, 0.05) is 23.0 Å². The molecule has 31 heavy (non-hydrogen) atoms. The molecule has 0 saturated carbocycles. The Morgan fingerprint density at radius 3 is 2.23 bits per heavy atom. The van der Waals surface area contributed by atoms with Gasteiger partial charge in [0.05, 0.1) is 11.6 Å². The minimum absolute atomic E-state index is 0.0315. The molecule has 0 spiro atoms. The fourth-order valence-corrected chi connectivity index (χ4v) is 3.87. The van der Waals surface area contributed by atoms with Crippen molar-refractivity contribution in [3.8, 4) is 0 Å². The summed E-state index contributed by atoms with van der Waals surface area (Å²) < 4.78 is 14.3. The van der Waals surface area contributed by atoms with Gasteiger partial charge in [-0.25, -0.2) is 4.39 Å². The van der Waals surface area contributed by atoms with E-state index in [0.29, 0.717) is 30.4 Å². The molecule has 8 heteroatoms. The van der Waals surface area contributed by atoms with Crippen LogP contribution in [-0.4, -0.2) is 39.3 Å². The van der Waals surface area contributed by atoms with Crippen LogP contribution < -0.4 is 0 Å². The Hall–Kier alpha value is -3.00. The van der Waals surface area contributed by atoms with E-state index in [9.17, 15) is 23.9 Å². The molecule has 0 bridgehead atoms. The van der Waals surface area contributed by atoms with Crippen LogP contribution in [0.2, 0.25) is 0 Å². The number of amides is 1. The zero-order chi connectivity index (χ0) is 22.5. The van der Waals surface area contributed by atoms with Gasteiger partial charge >= 0.3 is 5.97 Å². The zero-order valence-electron chi connectivity index (χ0n) is 16.6. The molecule has 0 radical (unpaired) electrons. The average molecular weight is 490 g/mol. The van der Waals surface area contributed by atoms with Gasteiger partial charge in [-0.1, -0.05) is 46.6 Å². The molecule has 1 aliphatic heterocycles. The van der Waals surface area contributed by atoms with Gasteiger partial charge in [-0.2, -0.15) is 0 Å². The monoisotopic (exact) mass is 489 g/mol. The molecule has 2 aromatic carbocycles. The molecule has 1 saturated heterocycles. The van der Waals surface area contributed by atoms with E-state index in [-0.39, 0.29) is 24.3 Å². The Bertz CT molecular complexity index is 1020. The highest BCUT2D eigenvalue weighted by Crippen LogP contribution is 2.39. The van der Waals surface area contributed by atoms with E-state index < -0.39 is 29.5 Å². The lowest BCUT2D eigenvalue weighted by Crippen LogP contribution is -2.30. The number of unbranched alkanes of at least 4 members (excludes halogenated alkanes) is 2. The van der Waals surface area contributed by atoms with Crippen LogP contribution in [0.4, 0.5) is 4.39 Å². The molecule has 0 aliphatic carbocycles. The SMILES string of the molecule is O=C(O)CCCCCN1C(=O)C(=O)/C(=C(\O)c2ccc(Br)cc2)C1c1ccc(F)cc1. The first-order chi connectivity index (χ1) is 14.8. The lowest BCUT2D eigenvalue weighted by Gasteiger charge is -2.25. The van der Waals surface area contributed by atoms with E-state index in [1.165, 1.54) is 29.2 Å². The summed E-state index contributed by atoms with van der Waals surface area (Å²) in [6, 6.07) is 11.3. The van der Waals surface area contributed by atoms with Crippen molar-refractivity contribution in [1.29, 1.82) is 0 Å². The number of hydrogen-bond acceptors (Lipinski definition) is 4. The summed E-state index contributed by atoms with van der Waals surface area (Å²) >= 11 is 3.32. The van der Waals surface area contributed by atoms with Crippen molar-refractivity contribution >= 4 is 39.3 Å². The number of carbonyl (C=O) groups is 3. The van der Waals surface area contributed by atoms with Crippen LogP contribution in [0.1, 0.15) is 42.9 Å². The standard InChI is InChI=1S/C23H21BrFNO5/c24-16-9-5-15(6-10-16)21(29)19-20(14-7-11-17(25)12-8-14)26(23(31)22(19)30)13-3-1-2-4-18(27)28/h5-12,20,29H,1-4,13H2,(H,27,28)/b21-19-. The molecule has 2 N–H and O–H groups in total. The van der Waals surface area contributed by atoms with Crippen LogP contribution in [0.3, 0.4) is 0 Å². The molecule has 2 aromatic rings. The number of carboxylic acids is 1. The first-order valence-corrected chi connectivity index (χ1v) is 10.6. The van der Waals surface area contributed by atoms with Crippen molar-refractivity contribution in [3.63, 3.8) is 0 Å². The van der Waals surface area contributed by atoms with Crippen molar-refractivity contribution < 1.29 is 29.0 Å². The highest BCUT2D eigenvalue weighted by atomic mass is 79.9. The Morgan fingerprint density at radius 2 is 1.61 bits per heavy atom. The number of benzene rings is 2. The van der Waals surface area contributed by atoms with Crippen LogP contribution in [0.5, 0.6) is 0 Å². The van der Waals surface area contributed by atoms with Crippen molar-refractivity contribution in [2.24, 2.45) is 0 Å². The number of Topliss-reactive ketones (excluding diaryl/α,β-unsaturated/α-hetero) is 1. The van der Waals surface area contributed by atoms with E-state index in [1.54, 1.807) is 24.3 Å². The molecule has 1 fully saturated rings. The quantitative estimate of drug-likeness (QED) is 0.243. The smallest absolute Gasteiger partial charge is 0.303 e. The topological polar surface area (TPSA) is 94.9 Å². The number of aliphatic carboxylic acids is 1. The highest BCUT2D eigenvalue weighted by molar-refractivity contribution is 9.10. The number of likely N-dealkylation sites (tertiary alicyclic amines) is 1. The van der Waals surface area contributed by atoms with Crippen molar-refractivity contribution in [3.05, 3.63) is 75.5 Å². The van der Waals surface area contributed by atoms with E-state index in [4.69, 9.17) is 5.11 Å². The van der Waals surface area contributed by atoms with Crippen LogP contribution in [0, 0.1) is 5.82 Å². The van der Waals surface area contributed by atoms with E-state index in [1.807, 2.05) is 0 Å². The first-order valence-electron chi connectivity index (χ1n) is 9.81. The molecular weight excluding hydrogens is 469 g/mol. The summed E-state index contributed by atoms with van der Waals surface area (Å²) in [6.07, 6.45) is 1.55. The summed E-state index contributed by atoms with van der Waals surface area (Å²) in [5.74, 6) is -3.19. The Morgan fingerprint density at radius 1 is 0.968 bits per heavy atom. The van der Waals surface area contributed by atoms with Gasteiger partial charge in [-0.15, -0.1) is 0 Å². The van der Waals surface area contributed by atoms with E-state index in [2.05, 4.69) is 15.9 Å². The molecule has 162 valence electrons. The minimum atomic E-state index is -0.888. The van der Waals surface area contributed by atoms with E-state index >= 15 is 0 Å². The van der Waals surface area contributed by atoms with Crippen molar-refractivity contribution in [2.45, 2.75) is 31.7 Å². The normalized spacial score (nSPS) is 17.9. The fraction of sp³-hybridized carbons (Fsp3) is 0.261. The second kappa shape index (κ2) is 9.87. The summed E-state index contributed by atoms with van der Waals surface area (Å²) in [6.45, 7) is 0.212. The van der Waals surface area contributed by atoms with E-state index in [0.717, 1.165) is 4.47 Å². The van der Waals surface area contributed by atoms with Gasteiger partial charge in [0.25, 0.3) is 11.7 Å². The number of rotatable bonds is 8. The Balaban J connectivity index is 1.96. The number of carbonyl (C=O) groups excluding carboxylic acids is 2. The Kier molecular flexibility index (Phi) is 7.22. The third-order valence-electron chi connectivity index (χ3n) is 5.13. The maximum Gasteiger partial charge on any atom is 0.303 e. The number of hydrogen-bond donors (Lipinski definition) is 2. The third-order valence-corrected chi connectivity index (χ3v) is 5.66. The number of ketones is 1. The summed E-state index contributed by atoms with van der Waals surface area (Å²) in [7, 11) is 0. The predicted octanol–water partition coefficient (Wildman–Crippen LogP) is 4.65. The van der Waals surface area contributed by atoms with Gasteiger partial charge < -0.3 is 15.1 Å². The number of halogens is 2.